The average Bonchev–Trinajstić information content (AvgIpc) is 3.75. The van der Waals surface area contributed by atoms with E-state index in [2.05, 4.69) is 20.8 Å². The normalized spacial score (nSPS) is 12.7. The number of nitrogens with zero attached hydrogens (tertiary/aromatic N) is 3. The number of amides is 2. The number of hydrogen-bond donors (Lipinski definition) is 2. The summed E-state index contributed by atoms with van der Waals surface area (Å²) in [5.41, 5.74) is 4.70. The molecule has 0 saturated carbocycles. The Labute approximate surface area is 276 Å². The number of esters is 1. The van der Waals surface area contributed by atoms with Gasteiger partial charge in [0, 0.05) is 10.4 Å². The van der Waals surface area contributed by atoms with Crippen LogP contribution in [0.4, 0.5) is 5.00 Å². The molecule has 0 aliphatic heterocycles. The molecule has 0 fully saturated rings. The lowest BCUT2D eigenvalue weighted by atomic mass is 10.1. The molecule has 5 rings (SSSR count). The van der Waals surface area contributed by atoms with Crippen LogP contribution in [0.5, 0.6) is 11.5 Å². The van der Waals surface area contributed by atoms with Crippen molar-refractivity contribution >= 4 is 45.9 Å². The first-order chi connectivity index (χ1) is 22.1. The van der Waals surface area contributed by atoms with Gasteiger partial charge in [-0.15, -0.1) is 21.5 Å². The fourth-order valence-corrected chi connectivity index (χ4v) is 7.43. The van der Waals surface area contributed by atoms with Crippen molar-refractivity contribution in [2.75, 3.05) is 26.1 Å². The number of aromatic nitrogens is 3. The summed E-state index contributed by atoms with van der Waals surface area (Å²) in [6, 6.07) is 11.0. The molecule has 46 heavy (non-hydrogen) atoms. The van der Waals surface area contributed by atoms with E-state index in [1.165, 1.54) is 37.3 Å². The smallest absolute Gasteiger partial charge is 0.341 e. The number of nitrogens with one attached hydrogen (secondary N) is 2. The van der Waals surface area contributed by atoms with E-state index in [0.717, 1.165) is 46.5 Å². The highest BCUT2D eigenvalue weighted by Gasteiger charge is 2.30. The van der Waals surface area contributed by atoms with E-state index < -0.39 is 11.2 Å². The molecule has 2 amide bonds. The minimum Gasteiger partial charge on any atom is -0.493 e. The summed E-state index contributed by atoms with van der Waals surface area (Å²) in [6.45, 7) is 7.87. The molecule has 4 aromatic rings. The van der Waals surface area contributed by atoms with Crippen LogP contribution in [0.3, 0.4) is 0 Å². The summed E-state index contributed by atoms with van der Waals surface area (Å²) in [4.78, 5) is 40.6. The zero-order valence-electron chi connectivity index (χ0n) is 26.7. The number of methoxy groups -OCH3 is 2. The second-order valence-electron chi connectivity index (χ2n) is 10.8. The van der Waals surface area contributed by atoms with E-state index in [1.807, 2.05) is 36.6 Å². The second-order valence-corrected chi connectivity index (χ2v) is 13.2. The number of carbonyl (C=O) groups excluding carboxylic acids is 3. The highest BCUT2D eigenvalue weighted by atomic mass is 32.2. The number of rotatable bonds is 12. The Bertz CT molecular complexity index is 1780. The first-order valence-corrected chi connectivity index (χ1v) is 16.7. The molecule has 242 valence electrons. The highest BCUT2D eigenvalue weighted by Crippen LogP contribution is 2.40. The van der Waals surface area contributed by atoms with Crippen LogP contribution in [0.1, 0.15) is 68.4 Å². The standard InChI is InChI=1S/C33H37N5O6S2/c1-7-44-32(41)28-22-9-8-10-26(22)46-31(28)35-29(39)20(4)45-33-37-36-27(38(33)23-15-18(2)11-12-19(23)3)17-34-30(40)21-13-14-24(42-5)25(16-21)43-6/h11-16,20H,7-10,17H2,1-6H3,(H,34,40)(H,35,39)/t20-/m1/s1. The lowest BCUT2D eigenvalue weighted by Gasteiger charge is -2.16. The van der Waals surface area contributed by atoms with Crippen molar-refractivity contribution in [1.29, 1.82) is 0 Å². The van der Waals surface area contributed by atoms with Crippen molar-refractivity contribution in [1.82, 2.24) is 20.1 Å². The third-order valence-electron chi connectivity index (χ3n) is 7.65. The van der Waals surface area contributed by atoms with Gasteiger partial charge in [-0.05, 0) is 87.9 Å². The van der Waals surface area contributed by atoms with Crippen LogP contribution in [0.15, 0.2) is 41.6 Å². The van der Waals surface area contributed by atoms with Gasteiger partial charge in [0.25, 0.3) is 5.91 Å². The van der Waals surface area contributed by atoms with Gasteiger partial charge in [0.15, 0.2) is 22.5 Å². The predicted octanol–water partition coefficient (Wildman–Crippen LogP) is 5.68. The Balaban J connectivity index is 1.38. The minimum absolute atomic E-state index is 0.0817. The van der Waals surface area contributed by atoms with Gasteiger partial charge < -0.3 is 24.8 Å². The molecule has 2 aromatic heterocycles. The van der Waals surface area contributed by atoms with Gasteiger partial charge in [0.05, 0.1) is 43.9 Å². The molecule has 1 aliphatic rings. The van der Waals surface area contributed by atoms with Crippen molar-refractivity contribution in [2.45, 2.75) is 63.9 Å². The SMILES string of the molecule is CCOC(=O)c1c(NC(=O)[C@@H](C)Sc2nnc(CNC(=O)c3ccc(OC)c(OC)c3)n2-c2cc(C)ccc2C)sc2c1CCC2. The number of hydrogen-bond acceptors (Lipinski definition) is 10. The molecule has 13 heteroatoms. The van der Waals surface area contributed by atoms with Crippen molar-refractivity contribution in [3.05, 3.63) is 74.9 Å². The number of thioether (sulfide) groups is 1. The average molecular weight is 664 g/mol. The third kappa shape index (κ3) is 6.90. The summed E-state index contributed by atoms with van der Waals surface area (Å²) in [5.74, 6) is 0.465. The maximum Gasteiger partial charge on any atom is 0.341 e. The lowest BCUT2D eigenvalue weighted by Crippen LogP contribution is -2.25. The third-order valence-corrected chi connectivity index (χ3v) is 9.90. The number of thiophene rings is 1. The fourth-order valence-electron chi connectivity index (χ4n) is 5.27. The van der Waals surface area contributed by atoms with Crippen LogP contribution in [-0.4, -0.2) is 58.6 Å². The Hall–Kier alpha value is -4.36. The summed E-state index contributed by atoms with van der Waals surface area (Å²) < 4.78 is 17.8. The first-order valence-electron chi connectivity index (χ1n) is 15.0. The molecule has 2 heterocycles. The zero-order chi connectivity index (χ0) is 33.0. The van der Waals surface area contributed by atoms with Crippen LogP contribution in [0.25, 0.3) is 5.69 Å². The highest BCUT2D eigenvalue weighted by molar-refractivity contribution is 8.00. The molecule has 2 aromatic carbocycles. The Kier molecular flexibility index (Phi) is 10.3. The van der Waals surface area contributed by atoms with Gasteiger partial charge in [-0.25, -0.2) is 4.79 Å². The molecule has 11 nitrogen and oxygen atoms in total. The number of anilines is 1. The van der Waals surface area contributed by atoms with Gasteiger partial charge in [-0.1, -0.05) is 23.9 Å². The molecular weight excluding hydrogens is 627 g/mol. The van der Waals surface area contributed by atoms with Crippen LogP contribution in [0.2, 0.25) is 0 Å². The van der Waals surface area contributed by atoms with E-state index in [0.29, 0.717) is 38.6 Å². The van der Waals surface area contributed by atoms with Crippen LogP contribution < -0.4 is 20.1 Å². The Morgan fingerprint density at radius 2 is 1.83 bits per heavy atom. The quantitative estimate of drug-likeness (QED) is 0.145. The van der Waals surface area contributed by atoms with Crippen LogP contribution in [-0.2, 0) is 28.9 Å². The molecular formula is C33H37N5O6S2. The monoisotopic (exact) mass is 663 g/mol. The van der Waals surface area contributed by atoms with E-state index in [9.17, 15) is 14.4 Å². The Morgan fingerprint density at radius 3 is 2.57 bits per heavy atom. The van der Waals surface area contributed by atoms with Crippen molar-refractivity contribution in [3.63, 3.8) is 0 Å². The number of aryl methyl sites for hydroxylation is 3. The molecule has 1 aliphatic carbocycles. The van der Waals surface area contributed by atoms with Gasteiger partial charge in [0.1, 0.15) is 5.00 Å². The molecule has 0 spiro atoms. The first kappa shape index (κ1) is 33.0. The van der Waals surface area contributed by atoms with Crippen molar-refractivity contribution in [2.24, 2.45) is 0 Å². The van der Waals surface area contributed by atoms with E-state index in [4.69, 9.17) is 14.2 Å². The van der Waals surface area contributed by atoms with Gasteiger partial charge in [0.2, 0.25) is 5.91 Å². The molecule has 0 saturated heterocycles. The molecule has 1 atom stereocenters. The van der Waals surface area contributed by atoms with E-state index >= 15 is 0 Å². The summed E-state index contributed by atoms with van der Waals surface area (Å²) >= 11 is 2.69. The van der Waals surface area contributed by atoms with Crippen LogP contribution in [0, 0.1) is 13.8 Å². The number of carbonyl (C=O) groups is 3. The maximum absolute atomic E-state index is 13.5. The zero-order valence-corrected chi connectivity index (χ0v) is 28.3. The van der Waals surface area contributed by atoms with E-state index in [-0.39, 0.29) is 25.0 Å². The second kappa shape index (κ2) is 14.4. The molecule has 0 radical (unpaired) electrons. The summed E-state index contributed by atoms with van der Waals surface area (Å²) in [6.07, 6.45) is 2.67. The molecule has 0 unspecified atom stereocenters. The minimum atomic E-state index is -0.589. The fraction of sp³-hybridized carbons (Fsp3) is 0.364. The summed E-state index contributed by atoms with van der Waals surface area (Å²) in [5, 5.41) is 15.2. The molecule has 0 bridgehead atoms. The topological polar surface area (TPSA) is 134 Å². The van der Waals surface area contributed by atoms with Crippen LogP contribution >= 0.6 is 23.1 Å². The lowest BCUT2D eigenvalue weighted by molar-refractivity contribution is -0.115. The number of ether oxygens (including phenoxy) is 3. The predicted molar refractivity (Wildman–Crippen MR) is 178 cm³/mol. The van der Waals surface area contributed by atoms with Gasteiger partial charge >= 0.3 is 5.97 Å². The largest absolute Gasteiger partial charge is 0.493 e. The number of benzene rings is 2. The van der Waals surface area contributed by atoms with Crippen molar-refractivity contribution < 1.29 is 28.6 Å². The van der Waals surface area contributed by atoms with Gasteiger partial charge in [-0.2, -0.15) is 0 Å². The van der Waals surface area contributed by atoms with Gasteiger partial charge in [-0.3, -0.25) is 14.2 Å². The summed E-state index contributed by atoms with van der Waals surface area (Å²) in [7, 11) is 3.05. The Morgan fingerprint density at radius 1 is 1.04 bits per heavy atom. The maximum atomic E-state index is 13.5. The number of fused-ring (bicyclic) bond motifs is 1. The molecule has 2 N–H and O–H groups in total. The van der Waals surface area contributed by atoms with Crippen molar-refractivity contribution in [3.8, 4) is 17.2 Å². The van der Waals surface area contributed by atoms with E-state index in [1.54, 1.807) is 32.0 Å².